The van der Waals surface area contributed by atoms with Gasteiger partial charge in [-0.2, -0.15) is 0 Å². The van der Waals surface area contributed by atoms with Crippen molar-refractivity contribution in [3.8, 4) is 0 Å². The Labute approximate surface area is 95.9 Å². The Bertz CT molecular complexity index is 344. The summed E-state index contributed by atoms with van der Waals surface area (Å²) in [4.78, 5) is 26.9. The highest BCUT2D eigenvalue weighted by Crippen LogP contribution is 2.44. The zero-order valence-corrected chi connectivity index (χ0v) is 10.1. The first-order valence-electron chi connectivity index (χ1n) is 5.66. The van der Waals surface area contributed by atoms with Crippen LogP contribution in [0.3, 0.4) is 0 Å². The van der Waals surface area contributed by atoms with E-state index >= 15 is 0 Å². The van der Waals surface area contributed by atoms with Gasteiger partial charge in [0.25, 0.3) is 11.8 Å². The molecular formula is C12H18N2O2. The van der Waals surface area contributed by atoms with Crippen LogP contribution in [-0.2, 0) is 9.59 Å². The molecule has 0 aromatic rings. The first-order chi connectivity index (χ1) is 7.45. The molecule has 88 valence electrons. The number of carbonyl (C=O) groups excluding carboxylic acids is 2. The first-order valence-corrected chi connectivity index (χ1v) is 5.66. The van der Waals surface area contributed by atoms with E-state index in [0.717, 1.165) is 19.4 Å². The maximum atomic E-state index is 11.7. The average molecular weight is 222 g/mol. The molecule has 0 radical (unpaired) electrons. The lowest BCUT2D eigenvalue weighted by atomic mass is 9.66. The molecule has 4 nitrogen and oxygen atoms in total. The summed E-state index contributed by atoms with van der Waals surface area (Å²) in [7, 11) is 4.04. The molecule has 0 aromatic carbocycles. The van der Waals surface area contributed by atoms with Gasteiger partial charge in [-0.25, -0.2) is 0 Å². The molecule has 2 aliphatic rings. The van der Waals surface area contributed by atoms with E-state index < -0.39 is 0 Å². The number of hydrogen-bond donors (Lipinski definition) is 0. The van der Waals surface area contributed by atoms with Gasteiger partial charge < -0.3 is 4.90 Å². The summed E-state index contributed by atoms with van der Waals surface area (Å²) in [5.74, 6) is 0.0854. The molecule has 1 heterocycles. The Kier molecular flexibility index (Phi) is 2.62. The van der Waals surface area contributed by atoms with E-state index in [-0.39, 0.29) is 17.4 Å². The zero-order chi connectivity index (χ0) is 11.9. The maximum absolute atomic E-state index is 11.7. The lowest BCUT2D eigenvalue weighted by Crippen LogP contribution is -2.62. The molecule has 0 N–H and O–H groups in total. The van der Waals surface area contributed by atoms with Gasteiger partial charge in [0.1, 0.15) is 0 Å². The van der Waals surface area contributed by atoms with Gasteiger partial charge in [-0.3, -0.25) is 14.5 Å². The first kappa shape index (κ1) is 11.3. The highest BCUT2D eigenvalue weighted by Gasteiger charge is 2.51. The Balaban J connectivity index is 2.14. The summed E-state index contributed by atoms with van der Waals surface area (Å²) in [6.07, 6.45) is 4.76. The molecule has 2 atom stereocenters. The quantitative estimate of drug-likeness (QED) is 0.658. The molecule has 0 saturated heterocycles. The standard InChI is InChI=1S/C12H18N2O2/c1-12(7-6-9(12)8-13(2)3)14-10(15)4-5-11(14)16/h4-5,9H,6-8H2,1-3H3. The molecule has 0 aromatic heterocycles. The van der Waals surface area contributed by atoms with Crippen molar-refractivity contribution in [3.05, 3.63) is 12.2 Å². The van der Waals surface area contributed by atoms with E-state index in [2.05, 4.69) is 4.90 Å². The third-order valence-electron chi connectivity index (χ3n) is 3.78. The molecule has 0 bridgehead atoms. The number of rotatable bonds is 3. The van der Waals surface area contributed by atoms with E-state index in [0.29, 0.717) is 5.92 Å². The minimum atomic E-state index is -0.276. The second-order valence-corrected chi connectivity index (χ2v) is 5.20. The predicted octanol–water partition coefficient (Wildman–Crippen LogP) is 0.642. The van der Waals surface area contributed by atoms with E-state index in [1.165, 1.54) is 17.1 Å². The van der Waals surface area contributed by atoms with Crippen LogP contribution in [0.2, 0.25) is 0 Å². The van der Waals surface area contributed by atoms with Crippen molar-refractivity contribution in [2.24, 2.45) is 5.92 Å². The van der Waals surface area contributed by atoms with Gasteiger partial charge >= 0.3 is 0 Å². The summed E-state index contributed by atoms with van der Waals surface area (Å²) in [5.41, 5.74) is -0.276. The highest BCUT2D eigenvalue weighted by atomic mass is 16.2. The molecule has 0 spiro atoms. The minimum Gasteiger partial charge on any atom is -0.309 e. The van der Waals surface area contributed by atoms with Crippen LogP contribution in [0.5, 0.6) is 0 Å². The van der Waals surface area contributed by atoms with Crippen molar-refractivity contribution in [2.75, 3.05) is 20.6 Å². The van der Waals surface area contributed by atoms with E-state index in [1.54, 1.807) is 0 Å². The fraction of sp³-hybridized carbons (Fsp3) is 0.667. The average Bonchev–Trinajstić information content (AvgIpc) is 2.53. The zero-order valence-electron chi connectivity index (χ0n) is 10.1. The van der Waals surface area contributed by atoms with Crippen molar-refractivity contribution < 1.29 is 9.59 Å². The monoisotopic (exact) mass is 222 g/mol. The highest BCUT2D eigenvalue weighted by molar-refractivity contribution is 6.13. The Hall–Kier alpha value is -1.16. The summed E-state index contributed by atoms with van der Waals surface area (Å²) < 4.78 is 0. The smallest absolute Gasteiger partial charge is 0.254 e. The molecule has 1 aliphatic heterocycles. The second kappa shape index (κ2) is 3.70. The molecule has 1 saturated carbocycles. The summed E-state index contributed by atoms with van der Waals surface area (Å²) in [6.45, 7) is 2.95. The largest absolute Gasteiger partial charge is 0.309 e. The Morgan fingerprint density at radius 3 is 2.31 bits per heavy atom. The molecule has 2 rings (SSSR count). The van der Waals surface area contributed by atoms with Crippen molar-refractivity contribution >= 4 is 11.8 Å². The number of carbonyl (C=O) groups is 2. The summed E-state index contributed by atoms with van der Waals surface area (Å²) in [6, 6.07) is 0. The third-order valence-corrected chi connectivity index (χ3v) is 3.78. The van der Waals surface area contributed by atoms with Gasteiger partial charge in [-0.05, 0) is 39.8 Å². The lowest BCUT2D eigenvalue weighted by Gasteiger charge is -2.52. The van der Waals surface area contributed by atoms with E-state index in [1.807, 2.05) is 21.0 Å². The third kappa shape index (κ3) is 1.57. The van der Waals surface area contributed by atoms with Crippen LogP contribution in [0.25, 0.3) is 0 Å². The molecule has 4 heteroatoms. The van der Waals surface area contributed by atoms with Crippen LogP contribution in [0, 0.1) is 5.92 Å². The van der Waals surface area contributed by atoms with Gasteiger partial charge in [0.15, 0.2) is 0 Å². The molecular weight excluding hydrogens is 204 g/mol. The second-order valence-electron chi connectivity index (χ2n) is 5.20. The fourth-order valence-electron chi connectivity index (χ4n) is 2.69. The van der Waals surface area contributed by atoms with Crippen LogP contribution in [0.1, 0.15) is 19.8 Å². The predicted molar refractivity (Wildman–Crippen MR) is 60.7 cm³/mol. The van der Waals surface area contributed by atoms with Crippen molar-refractivity contribution in [1.29, 1.82) is 0 Å². The van der Waals surface area contributed by atoms with Gasteiger partial charge in [0.05, 0.1) is 5.54 Å². The van der Waals surface area contributed by atoms with Gasteiger partial charge in [-0.1, -0.05) is 0 Å². The molecule has 1 aliphatic carbocycles. The van der Waals surface area contributed by atoms with Crippen LogP contribution in [0.4, 0.5) is 0 Å². The minimum absolute atomic E-state index is 0.157. The molecule has 1 fully saturated rings. The van der Waals surface area contributed by atoms with Crippen LogP contribution < -0.4 is 0 Å². The maximum Gasteiger partial charge on any atom is 0.254 e. The Morgan fingerprint density at radius 2 is 1.94 bits per heavy atom. The number of nitrogens with zero attached hydrogens (tertiary/aromatic N) is 2. The fourth-order valence-corrected chi connectivity index (χ4v) is 2.69. The van der Waals surface area contributed by atoms with Crippen LogP contribution in [0.15, 0.2) is 12.2 Å². The topological polar surface area (TPSA) is 40.6 Å². The van der Waals surface area contributed by atoms with Crippen molar-refractivity contribution in [1.82, 2.24) is 9.80 Å². The normalized spacial score (nSPS) is 33.8. The number of amides is 2. The summed E-state index contributed by atoms with van der Waals surface area (Å²) in [5, 5.41) is 0. The van der Waals surface area contributed by atoms with Crippen LogP contribution >= 0.6 is 0 Å². The van der Waals surface area contributed by atoms with Crippen molar-refractivity contribution in [3.63, 3.8) is 0 Å². The van der Waals surface area contributed by atoms with Gasteiger partial charge in [-0.15, -0.1) is 0 Å². The molecule has 2 amide bonds. The summed E-state index contributed by atoms with van der Waals surface area (Å²) >= 11 is 0. The number of hydrogen-bond acceptors (Lipinski definition) is 3. The van der Waals surface area contributed by atoms with Crippen LogP contribution in [-0.4, -0.2) is 47.8 Å². The SMILES string of the molecule is CN(C)CC1CCC1(C)N1C(=O)C=CC1=O. The number of imide groups is 1. The van der Waals surface area contributed by atoms with E-state index in [4.69, 9.17) is 0 Å². The molecule has 16 heavy (non-hydrogen) atoms. The molecule has 2 unspecified atom stereocenters. The van der Waals surface area contributed by atoms with Gasteiger partial charge in [0, 0.05) is 18.7 Å². The van der Waals surface area contributed by atoms with Gasteiger partial charge in [0.2, 0.25) is 0 Å². The van der Waals surface area contributed by atoms with E-state index in [9.17, 15) is 9.59 Å². The van der Waals surface area contributed by atoms with Crippen molar-refractivity contribution in [2.45, 2.75) is 25.3 Å². The Morgan fingerprint density at radius 1 is 1.38 bits per heavy atom. The lowest BCUT2D eigenvalue weighted by molar-refractivity contribution is -0.152.